The molecule has 5 aromatic rings. The summed E-state index contributed by atoms with van der Waals surface area (Å²) in [6.07, 6.45) is 0.894. The topological polar surface area (TPSA) is 125 Å². The molecule has 5 rings (SSSR count). The second kappa shape index (κ2) is 13.5. The summed E-state index contributed by atoms with van der Waals surface area (Å²) < 4.78 is 28.2. The van der Waals surface area contributed by atoms with Crippen molar-refractivity contribution in [2.75, 3.05) is 5.32 Å². The van der Waals surface area contributed by atoms with Gasteiger partial charge in [-0.3, -0.25) is 14.9 Å². The standard InChI is InChI=1S/C33H28ClN3O5S2/c1-2-21-8-10-24(11-9-21)30-29(23-12-16-26(34)17-13-23)35-33(43-30)36-31(38)25-14-18-27(19-15-25)44(41,42)37-28(32(39)40)20-22-6-4-3-5-7-22/h3-19,28,37H,2,20H2,1H3,(H,39,40)(H,35,36,38). The molecular formula is C33H28ClN3O5S2. The number of aliphatic carboxylic acids is 1. The van der Waals surface area contributed by atoms with Crippen molar-refractivity contribution < 1.29 is 23.1 Å². The number of carboxylic acids is 1. The molecule has 11 heteroatoms. The van der Waals surface area contributed by atoms with Gasteiger partial charge < -0.3 is 5.11 Å². The average molecular weight is 646 g/mol. The van der Waals surface area contributed by atoms with Gasteiger partial charge in [0.25, 0.3) is 5.91 Å². The van der Waals surface area contributed by atoms with Crippen molar-refractivity contribution in [3.8, 4) is 21.7 Å². The predicted molar refractivity (Wildman–Crippen MR) is 174 cm³/mol. The quantitative estimate of drug-likeness (QED) is 0.143. The Bertz CT molecular complexity index is 1880. The summed E-state index contributed by atoms with van der Waals surface area (Å²) in [7, 11) is -4.18. The maximum absolute atomic E-state index is 13.2. The van der Waals surface area contributed by atoms with Gasteiger partial charge in [0.15, 0.2) is 5.13 Å². The zero-order valence-corrected chi connectivity index (χ0v) is 25.9. The molecule has 0 aliphatic carbocycles. The first-order valence-electron chi connectivity index (χ1n) is 13.7. The third-order valence-corrected chi connectivity index (χ3v) is 9.65. The van der Waals surface area contributed by atoms with Crippen molar-refractivity contribution >= 4 is 50.0 Å². The summed E-state index contributed by atoms with van der Waals surface area (Å²) in [5.41, 5.74) is 4.59. The normalized spacial score (nSPS) is 12.0. The smallest absolute Gasteiger partial charge is 0.322 e. The Hall–Kier alpha value is -4.35. The first-order chi connectivity index (χ1) is 21.1. The number of amides is 1. The number of benzene rings is 4. The minimum Gasteiger partial charge on any atom is -0.480 e. The Kier molecular flexibility index (Phi) is 9.55. The molecule has 44 heavy (non-hydrogen) atoms. The molecule has 1 unspecified atom stereocenters. The predicted octanol–water partition coefficient (Wildman–Crippen LogP) is 6.92. The van der Waals surface area contributed by atoms with Gasteiger partial charge in [0, 0.05) is 16.1 Å². The SMILES string of the molecule is CCc1ccc(-c2sc(NC(=O)c3ccc(S(=O)(=O)NC(Cc4ccccc4)C(=O)O)cc3)nc2-c2ccc(Cl)cc2)cc1. The number of carbonyl (C=O) groups is 2. The largest absolute Gasteiger partial charge is 0.480 e. The molecule has 0 spiro atoms. The molecule has 1 atom stereocenters. The molecule has 4 aromatic carbocycles. The lowest BCUT2D eigenvalue weighted by atomic mass is 10.0. The molecule has 0 radical (unpaired) electrons. The maximum Gasteiger partial charge on any atom is 0.322 e. The Balaban J connectivity index is 1.35. The second-order valence-corrected chi connectivity index (χ2v) is 13.1. The number of halogens is 1. The van der Waals surface area contributed by atoms with Gasteiger partial charge in [-0.05, 0) is 65.9 Å². The van der Waals surface area contributed by atoms with Crippen molar-refractivity contribution in [2.45, 2.75) is 30.7 Å². The maximum atomic E-state index is 13.2. The highest BCUT2D eigenvalue weighted by molar-refractivity contribution is 7.89. The number of sulfonamides is 1. The number of anilines is 1. The molecule has 224 valence electrons. The van der Waals surface area contributed by atoms with E-state index >= 15 is 0 Å². The number of nitrogens with one attached hydrogen (secondary N) is 2. The van der Waals surface area contributed by atoms with Crippen molar-refractivity contribution in [2.24, 2.45) is 0 Å². The lowest BCUT2D eigenvalue weighted by Crippen LogP contribution is -2.42. The van der Waals surface area contributed by atoms with Crippen LogP contribution in [0.3, 0.4) is 0 Å². The summed E-state index contributed by atoms with van der Waals surface area (Å²) >= 11 is 7.43. The van der Waals surface area contributed by atoms with E-state index in [1.807, 2.05) is 24.3 Å². The van der Waals surface area contributed by atoms with E-state index in [4.69, 9.17) is 16.6 Å². The first-order valence-corrected chi connectivity index (χ1v) is 16.4. The van der Waals surface area contributed by atoms with Gasteiger partial charge in [-0.25, -0.2) is 13.4 Å². The van der Waals surface area contributed by atoms with Crippen LogP contribution in [0.25, 0.3) is 21.7 Å². The summed E-state index contributed by atoms with van der Waals surface area (Å²) in [5.74, 6) is -1.77. The van der Waals surface area contributed by atoms with E-state index in [0.717, 1.165) is 22.4 Å². The van der Waals surface area contributed by atoms with Gasteiger partial charge >= 0.3 is 5.97 Å². The zero-order chi connectivity index (χ0) is 31.3. The number of aromatic nitrogens is 1. The number of hydrogen-bond donors (Lipinski definition) is 3. The fourth-order valence-corrected chi connectivity index (χ4v) is 6.81. The summed E-state index contributed by atoms with van der Waals surface area (Å²) in [6.45, 7) is 2.09. The molecular weight excluding hydrogens is 618 g/mol. The molecule has 0 saturated heterocycles. The first kappa shape index (κ1) is 31.1. The van der Waals surface area contributed by atoms with Gasteiger partial charge in [0.05, 0.1) is 15.5 Å². The van der Waals surface area contributed by atoms with Gasteiger partial charge in [-0.15, -0.1) is 0 Å². The van der Waals surface area contributed by atoms with E-state index in [9.17, 15) is 23.1 Å². The molecule has 0 saturated carbocycles. The lowest BCUT2D eigenvalue weighted by Gasteiger charge is -2.15. The summed E-state index contributed by atoms with van der Waals surface area (Å²) in [6, 6.07) is 28.1. The molecule has 0 aliphatic heterocycles. The van der Waals surface area contributed by atoms with Crippen molar-refractivity contribution in [1.29, 1.82) is 0 Å². The van der Waals surface area contributed by atoms with Gasteiger partial charge in [0.1, 0.15) is 6.04 Å². The minimum atomic E-state index is -4.18. The number of aryl methyl sites for hydroxylation is 1. The van der Waals surface area contributed by atoms with Crippen LogP contribution in [-0.2, 0) is 27.7 Å². The molecule has 1 aromatic heterocycles. The Morgan fingerprint density at radius 2 is 1.50 bits per heavy atom. The molecule has 1 amide bonds. The molecule has 0 fully saturated rings. The Labute approximate surface area is 264 Å². The van der Waals surface area contributed by atoms with Crippen LogP contribution in [-0.4, -0.2) is 36.4 Å². The van der Waals surface area contributed by atoms with Gasteiger partial charge in [0.2, 0.25) is 10.0 Å². The van der Waals surface area contributed by atoms with Crippen LogP contribution in [0.2, 0.25) is 5.02 Å². The number of nitrogens with zero attached hydrogens (tertiary/aromatic N) is 1. The van der Waals surface area contributed by atoms with E-state index in [1.54, 1.807) is 42.5 Å². The van der Waals surface area contributed by atoms with E-state index in [1.165, 1.54) is 41.2 Å². The van der Waals surface area contributed by atoms with Crippen LogP contribution < -0.4 is 10.0 Å². The van der Waals surface area contributed by atoms with E-state index in [0.29, 0.717) is 21.4 Å². The van der Waals surface area contributed by atoms with Crippen LogP contribution in [0, 0.1) is 0 Å². The number of rotatable bonds is 11. The highest BCUT2D eigenvalue weighted by Crippen LogP contribution is 2.39. The molecule has 0 aliphatic rings. The molecule has 0 bridgehead atoms. The van der Waals surface area contributed by atoms with Crippen LogP contribution in [0.15, 0.2) is 108 Å². The van der Waals surface area contributed by atoms with Crippen LogP contribution >= 0.6 is 22.9 Å². The number of hydrogen-bond acceptors (Lipinski definition) is 6. The van der Waals surface area contributed by atoms with Crippen molar-refractivity contribution in [1.82, 2.24) is 9.71 Å². The number of thiazole rings is 1. The zero-order valence-electron chi connectivity index (χ0n) is 23.5. The van der Waals surface area contributed by atoms with Gasteiger partial charge in [-0.1, -0.05) is 96.6 Å². The van der Waals surface area contributed by atoms with E-state index in [2.05, 4.69) is 29.1 Å². The number of carboxylic acid groups (broad SMARTS) is 1. The fourth-order valence-electron chi connectivity index (χ4n) is 4.50. The van der Waals surface area contributed by atoms with Crippen LogP contribution in [0.4, 0.5) is 5.13 Å². The average Bonchev–Trinajstić information content (AvgIpc) is 3.45. The summed E-state index contributed by atoms with van der Waals surface area (Å²) in [4.78, 5) is 30.4. The molecule has 8 nitrogen and oxygen atoms in total. The monoisotopic (exact) mass is 645 g/mol. The highest BCUT2D eigenvalue weighted by atomic mass is 35.5. The number of carbonyl (C=O) groups excluding carboxylic acids is 1. The highest BCUT2D eigenvalue weighted by Gasteiger charge is 2.26. The van der Waals surface area contributed by atoms with E-state index < -0.39 is 27.9 Å². The van der Waals surface area contributed by atoms with Crippen molar-refractivity contribution in [3.63, 3.8) is 0 Å². The molecule has 1 heterocycles. The third kappa shape index (κ3) is 7.40. The minimum absolute atomic E-state index is 0.0214. The Morgan fingerprint density at radius 3 is 2.11 bits per heavy atom. The third-order valence-electron chi connectivity index (χ3n) is 6.89. The Morgan fingerprint density at radius 1 is 0.864 bits per heavy atom. The summed E-state index contributed by atoms with van der Waals surface area (Å²) in [5, 5.41) is 13.4. The van der Waals surface area contributed by atoms with Gasteiger partial charge in [-0.2, -0.15) is 4.72 Å². The van der Waals surface area contributed by atoms with E-state index in [-0.39, 0.29) is 16.9 Å². The van der Waals surface area contributed by atoms with Crippen LogP contribution in [0.1, 0.15) is 28.4 Å². The van der Waals surface area contributed by atoms with Crippen LogP contribution in [0.5, 0.6) is 0 Å². The lowest BCUT2D eigenvalue weighted by molar-refractivity contribution is -0.138. The fraction of sp³-hybridized carbons (Fsp3) is 0.121. The van der Waals surface area contributed by atoms with Crippen molar-refractivity contribution in [3.05, 3.63) is 125 Å². The second-order valence-electron chi connectivity index (χ2n) is 9.93. The molecule has 3 N–H and O–H groups in total.